The zero-order valence-corrected chi connectivity index (χ0v) is 35.2. The van der Waals surface area contributed by atoms with Crippen molar-refractivity contribution < 1.29 is 0 Å². The summed E-state index contributed by atoms with van der Waals surface area (Å²) in [5.74, 6) is 3.31. The van der Waals surface area contributed by atoms with Crippen LogP contribution in [0.2, 0.25) is 0 Å². The molecular weight excluding hydrogens is 741 g/mol. The molecule has 9 rings (SSSR count). The molecular formula is C57H50N4. The standard InChI is InChI=1S/C57H50N4/c1-4-57(36-39(2)20-21-40(3)37-57)53-28-26-44(27-29-53)49-33-51(50-31-47(42-14-8-5-9-15-42)30-48(32-50)43-24-22-41(38-58)23-25-43)35-52(34-49)56-60-54(45-16-10-6-11-17-45)59-55(61-56)46-18-12-7-13-19-46/h5-19,22-35,39-40H,4,20-21,36-37H2,1-3H3/t39-,40+,57?. The molecule has 7 aromatic carbocycles. The highest BCUT2D eigenvalue weighted by Crippen LogP contribution is 2.46. The van der Waals surface area contributed by atoms with E-state index >= 15 is 0 Å². The fraction of sp³-hybridized carbons (Fsp3) is 0.193. The summed E-state index contributed by atoms with van der Waals surface area (Å²) in [6.45, 7) is 7.26. The van der Waals surface area contributed by atoms with E-state index in [1.807, 2.05) is 60.7 Å². The van der Waals surface area contributed by atoms with Crippen molar-refractivity contribution in [3.63, 3.8) is 0 Å². The van der Waals surface area contributed by atoms with E-state index in [-0.39, 0.29) is 5.41 Å². The Morgan fingerprint density at radius 2 is 0.787 bits per heavy atom. The molecule has 1 unspecified atom stereocenters. The summed E-state index contributed by atoms with van der Waals surface area (Å²) in [6.07, 6.45) is 6.23. The van der Waals surface area contributed by atoms with Crippen molar-refractivity contribution in [2.45, 2.75) is 58.3 Å². The lowest BCUT2D eigenvalue weighted by molar-refractivity contribution is 0.295. The Morgan fingerprint density at radius 1 is 0.443 bits per heavy atom. The normalized spacial score (nSPS) is 17.6. The predicted octanol–water partition coefficient (Wildman–Crippen LogP) is 14.9. The Labute approximate surface area is 360 Å². The maximum atomic E-state index is 9.56. The molecule has 1 fully saturated rings. The largest absolute Gasteiger partial charge is 0.208 e. The molecule has 1 heterocycles. The number of rotatable bonds is 9. The molecule has 1 aromatic heterocycles. The van der Waals surface area contributed by atoms with Crippen molar-refractivity contribution in [1.29, 1.82) is 5.26 Å². The number of aromatic nitrogens is 3. The van der Waals surface area contributed by atoms with Gasteiger partial charge < -0.3 is 0 Å². The first-order chi connectivity index (χ1) is 29.9. The number of nitriles is 1. The van der Waals surface area contributed by atoms with Gasteiger partial charge in [0.05, 0.1) is 11.6 Å². The second kappa shape index (κ2) is 17.3. The lowest BCUT2D eigenvalue weighted by Gasteiger charge is -2.35. The van der Waals surface area contributed by atoms with Crippen LogP contribution in [-0.4, -0.2) is 15.0 Å². The molecule has 1 aliphatic rings. The molecule has 1 aliphatic carbocycles. The summed E-state index contributed by atoms with van der Waals surface area (Å²) in [5, 5.41) is 9.56. The zero-order valence-electron chi connectivity index (χ0n) is 35.2. The van der Waals surface area contributed by atoms with Gasteiger partial charge in [0.15, 0.2) is 17.5 Å². The molecule has 0 aliphatic heterocycles. The van der Waals surface area contributed by atoms with Gasteiger partial charge in [-0.25, -0.2) is 15.0 Å². The van der Waals surface area contributed by atoms with Crippen LogP contribution < -0.4 is 0 Å². The third kappa shape index (κ3) is 8.56. The monoisotopic (exact) mass is 790 g/mol. The van der Waals surface area contributed by atoms with E-state index in [9.17, 15) is 5.26 Å². The van der Waals surface area contributed by atoms with Crippen molar-refractivity contribution >= 4 is 0 Å². The molecule has 298 valence electrons. The topological polar surface area (TPSA) is 62.5 Å². The molecule has 4 nitrogen and oxygen atoms in total. The summed E-state index contributed by atoms with van der Waals surface area (Å²) >= 11 is 0. The van der Waals surface area contributed by atoms with E-state index in [4.69, 9.17) is 15.0 Å². The van der Waals surface area contributed by atoms with Gasteiger partial charge in [-0.05, 0) is 135 Å². The van der Waals surface area contributed by atoms with Gasteiger partial charge >= 0.3 is 0 Å². The maximum absolute atomic E-state index is 9.56. The van der Waals surface area contributed by atoms with Crippen LogP contribution in [0.4, 0.5) is 0 Å². The van der Waals surface area contributed by atoms with Gasteiger partial charge in [-0.1, -0.05) is 161 Å². The highest BCUT2D eigenvalue weighted by molar-refractivity contribution is 5.86. The minimum Gasteiger partial charge on any atom is -0.208 e. The van der Waals surface area contributed by atoms with Crippen molar-refractivity contribution in [2.75, 3.05) is 0 Å². The van der Waals surface area contributed by atoms with E-state index < -0.39 is 0 Å². The Morgan fingerprint density at radius 3 is 1.20 bits per heavy atom. The molecule has 0 amide bonds. The maximum Gasteiger partial charge on any atom is 0.164 e. The van der Waals surface area contributed by atoms with Gasteiger partial charge in [0.2, 0.25) is 0 Å². The Kier molecular flexibility index (Phi) is 11.2. The van der Waals surface area contributed by atoms with Crippen molar-refractivity contribution in [2.24, 2.45) is 11.8 Å². The van der Waals surface area contributed by atoms with Crippen LogP contribution in [0.1, 0.15) is 64.0 Å². The molecule has 4 heteroatoms. The van der Waals surface area contributed by atoms with E-state index in [1.165, 1.54) is 31.2 Å². The molecule has 0 saturated heterocycles. The van der Waals surface area contributed by atoms with Gasteiger partial charge in [0.1, 0.15) is 0 Å². The van der Waals surface area contributed by atoms with E-state index in [1.54, 1.807) is 0 Å². The smallest absolute Gasteiger partial charge is 0.164 e. The quantitative estimate of drug-likeness (QED) is 0.137. The first-order valence-electron chi connectivity index (χ1n) is 21.7. The van der Waals surface area contributed by atoms with Crippen LogP contribution in [0.3, 0.4) is 0 Å². The fourth-order valence-corrected chi connectivity index (χ4v) is 9.46. The molecule has 0 bridgehead atoms. The van der Waals surface area contributed by atoms with E-state index in [0.717, 1.165) is 67.6 Å². The van der Waals surface area contributed by atoms with E-state index in [2.05, 4.69) is 142 Å². The van der Waals surface area contributed by atoms with Gasteiger partial charge in [0.25, 0.3) is 0 Å². The van der Waals surface area contributed by atoms with E-state index in [0.29, 0.717) is 34.9 Å². The number of hydrogen-bond donors (Lipinski definition) is 0. The third-order valence-electron chi connectivity index (χ3n) is 12.7. The molecule has 61 heavy (non-hydrogen) atoms. The molecule has 0 spiro atoms. The van der Waals surface area contributed by atoms with Gasteiger partial charge in [0, 0.05) is 16.7 Å². The molecule has 3 atom stereocenters. The average Bonchev–Trinajstić information content (AvgIpc) is 3.49. The van der Waals surface area contributed by atoms with Crippen molar-refractivity contribution in [3.8, 4) is 84.7 Å². The van der Waals surface area contributed by atoms with Crippen molar-refractivity contribution in [3.05, 3.63) is 187 Å². The Hall–Kier alpha value is -6.96. The number of nitrogens with zero attached hydrogens (tertiary/aromatic N) is 4. The average molecular weight is 791 g/mol. The second-order valence-electron chi connectivity index (χ2n) is 17.1. The second-order valence-corrected chi connectivity index (χ2v) is 17.1. The molecule has 0 N–H and O–H groups in total. The molecule has 8 aromatic rings. The lowest BCUT2D eigenvalue weighted by Crippen LogP contribution is -2.28. The van der Waals surface area contributed by atoms with Gasteiger partial charge in [-0.2, -0.15) is 5.26 Å². The third-order valence-corrected chi connectivity index (χ3v) is 12.7. The number of hydrogen-bond acceptors (Lipinski definition) is 4. The predicted molar refractivity (Wildman–Crippen MR) is 251 cm³/mol. The zero-order chi connectivity index (χ0) is 41.8. The first-order valence-corrected chi connectivity index (χ1v) is 21.7. The van der Waals surface area contributed by atoms with Crippen LogP contribution in [-0.2, 0) is 5.41 Å². The van der Waals surface area contributed by atoms with Crippen molar-refractivity contribution in [1.82, 2.24) is 15.0 Å². The van der Waals surface area contributed by atoms with Crippen LogP contribution in [0.15, 0.2) is 176 Å². The summed E-state index contributed by atoms with van der Waals surface area (Å²) in [5.41, 5.74) is 13.8. The molecule has 1 saturated carbocycles. The SMILES string of the molecule is CCC1(c2ccc(-c3cc(-c4cc(-c5ccccc5)cc(-c5ccc(C#N)cc5)c4)cc(-c4nc(-c5ccccc5)nc(-c5ccccc5)n4)c3)cc2)C[C@H](C)CC[C@H](C)C1. The first kappa shape index (κ1) is 39.5. The Balaban J connectivity index is 1.24. The Bertz CT molecular complexity index is 2740. The summed E-state index contributed by atoms with van der Waals surface area (Å²) < 4.78 is 0. The van der Waals surface area contributed by atoms with Crippen LogP contribution >= 0.6 is 0 Å². The van der Waals surface area contributed by atoms with Crippen LogP contribution in [0.5, 0.6) is 0 Å². The molecule has 0 radical (unpaired) electrons. The summed E-state index contributed by atoms with van der Waals surface area (Å²) in [7, 11) is 0. The highest BCUT2D eigenvalue weighted by Gasteiger charge is 2.36. The number of benzene rings is 7. The highest BCUT2D eigenvalue weighted by atomic mass is 15.0. The minimum atomic E-state index is 0.188. The van der Waals surface area contributed by atoms with Gasteiger partial charge in [-0.3, -0.25) is 0 Å². The minimum absolute atomic E-state index is 0.188. The summed E-state index contributed by atoms with van der Waals surface area (Å²) in [4.78, 5) is 15.4. The fourth-order valence-electron chi connectivity index (χ4n) is 9.46. The van der Waals surface area contributed by atoms with Gasteiger partial charge in [-0.15, -0.1) is 0 Å². The van der Waals surface area contributed by atoms with Crippen LogP contribution in [0, 0.1) is 23.2 Å². The van der Waals surface area contributed by atoms with Crippen LogP contribution in [0.25, 0.3) is 78.7 Å². The summed E-state index contributed by atoms with van der Waals surface area (Å²) in [6, 6.07) is 64.0. The lowest BCUT2D eigenvalue weighted by atomic mass is 9.69.